The summed E-state index contributed by atoms with van der Waals surface area (Å²) < 4.78 is 17.7. The molecule has 0 heterocycles. The second kappa shape index (κ2) is 10.2. The third-order valence-electron chi connectivity index (χ3n) is 3.99. The molecule has 27 heavy (non-hydrogen) atoms. The predicted octanol–water partition coefficient (Wildman–Crippen LogP) is 5.98. The largest absolute Gasteiger partial charge is 0.491 e. The van der Waals surface area contributed by atoms with E-state index >= 15 is 0 Å². The standard InChI is InChI=1S/C22H27FN2OS/c1-6-21(18-8-10-19(11-9-18)25(4)5)24-17(3)27-22-15-20(26-14-13-23)12-7-16(22)2/h6-12,15H,13-14H2,1-5H3/b21-6-,24-17?. The molecule has 5 heteroatoms. The zero-order valence-corrected chi connectivity index (χ0v) is 17.4. The summed E-state index contributed by atoms with van der Waals surface area (Å²) in [5.74, 6) is 0.680. The first kappa shape index (κ1) is 21.0. The molecule has 0 spiro atoms. The fourth-order valence-corrected chi connectivity index (χ4v) is 3.38. The van der Waals surface area contributed by atoms with Crippen molar-refractivity contribution in [1.29, 1.82) is 0 Å². The van der Waals surface area contributed by atoms with E-state index in [9.17, 15) is 4.39 Å². The second-order valence-electron chi connectivity index (χ2n) is 6.31. The molecule has 0 N–H and O–H groups in total. The number of nitrogens with zero attached hydrogens (tertiary/aromatic N) is 2. The van der Waals surface area contributed by atoms with Gasteiger partial charge in [0.25, 0.3) is 0 Å². The number of thioether (sulfide) groups is 1. The Bertz CT molecular complexity index is 814. The number of halogens is 1. The van der Waals surface area contributed by atoms with Crippen molar-refractivity contribution in [2.75, 3.05) is 32.3 Å². The van der Waals surface area contributed by atoms with E-state index in [0.717, 1.165) is 32.5 Å². The molecule has 0 bridgehead atoms. The molecule has 0 atom stereocenters. The van der Waals surface area contributed by atoms with Crippen LogP contribution in [0.25, 0.3) is 5.70 Å². The molecule has 2 aromatic rings. The topological polar surface area (TPSA) is 24.8 Å². The van der Waals surface area contributed by atoms with E-state index < -0.39 is 6.67 Å². The monoisotopic (exact) mass is 386 g/mol. The van der Waals surface area contributed by atoms with E-state index in [-0.39, 0.29) is 6.61 Å². The van der Waals surface area contributed by atoms with Crippen molar-refractivity contribution in [1.82, 2.24) is 0 Å². The van der Waals surface area contributed by atoms with Gasteiger partial charge in [-0.3, -0.25) is 0 Å². The van der Waals surface area contributed by atoms with Crippen LogP contribution in [-0.4, -0.2) is 32.4 Å². The van der Waals surface area contributed by atoms with Crippen LogP contribution in [0.1, 0.15) is 25.0 Å². The van der Waals surface area contributed by atoms with E-state index in [1.54, 1.807) is 11.8 Å². The lowest BCUT2D eigenvalue weighted by molar-refractivity contribution is 0.273. The van der Waals surface area contributed by atoms with Crippen molar-refractivity contribution in [2.24, 2.45) is 4.99 Å². The molecule has 0 saturated carbocycles. The van der Waals surface area contributed by atoms with E-state index in [4.69, 9.17) is 9.73 Å². The van der Waals surface area contributed by atoms with Gasteiger partial charge >= 0.3 is 0 Å². The van der Waals surface area contributed by atoms with Gasteiger partial charge in [0.05, 0.1) is 10.7 Å². The van der Waals surface area contributed by atoms with Gasteiger partial charge in [-0.2, -0.15) is 0 Å². The number of anilines is 1. The molecule has 2 aromatic carbocycles. The Morgan fingerprint density at radius 2 is 1.89 bits per heavy atom. The second-order valence-corrected chi connectivity index (χ2v) is 7.55. The molecule has 0 aliphatic carbocycles. The van der Waals surface area contributed by atoms with Crippen molar-refractivity contribution in [3.63, 3.8) is 0 Å². The Morgan fingerprint density at radius 1 is 1.19 bits per heavy atom. The molecule has 0 radical (unpaired) electrons. The smallest absolute Gasteiger partial charge is 0.123 e. The number of benzene rings is 2. The molecule has 2 rings (SSSR count). The SMILES string of the molecule is C/C=C(\N=C(C)Sc1cc(OCCF)ccc1C)c1ccc(N(C)C)cc1. The first-order chi connectivity index (χ1) is 12.9. The summed E-state index contributed by atoms with van der Waals surface area (Å²) in [6.07, 6.45) is 2.02. The van der Waals surface area contributed by atoms with Crippen LogP contribution in [-0.2, 0) is 0 Å². The summed E-state index contributed by atoms with van der Waals surface area (Å²) in [5.41, 5.74) is 4.32. The molecule has 0 aliphatic heterocycles. The van der Waals surface area contributed by atoms with Crippen molar-refractivity contribution in [3.8, 4) is 5.75 Å². The minimum atomic E-state index is -0.492. The van der Waals surface area contributed by atoms with Gasteiger partial charge in [-0.15, -0.1) is 0 Å². The summed E-state index contributed by atoms with van der Waals surface area (Å²) in [7, 11) is 4.05. The molecule has 0 amide bonds. The highest BCUT2D eigenvalue weighted by molar-refractivity contribution is 8.14. The van der Waals surface area contributed by atoms with Crippen molar-refractivity contribution < 1.29 is 9.13 Å². The van der Waals surface area contributed by atoms with Gasteiger partial charge < -0.3 is 9.64 Å². The lowest BCUT2D eigenvalue weighted by atomic mass is 10.1. The van der Waals surface area contributed by atoms with Crippen molar-refractivity contribution in [3.05, 3.63) is 59.7 Å². The maximum atomic E-state index is 12.3. The average molecular weight is 387 g/mol. The van der Waals surface area contributed by atoms with Crippen LogP contribution in [0.3, 0.4) is 0 Å². The normalized spacial score (nSPS) is 12.2. The summed E-state index contributed by atoms with van der Waals surface area (Å²) in [6.45, 7) is 5.62. The summed E-state index contributed by atoms with van der Waals surface area (Å²) in [4.78, 5) is 7.93. The van der Waals surface area contributed by atoms with Crippen LogP contribution >= 0.6 is 11.8 Å². The zero-order chi connectivity index (χ0) is 19.8. The molecular weight excluding hydrogens is 359 g/mol. The fourth-order valence-electron chi connectivity index (χ4n) is 2.51. The molecule has 0 saturated heterocycles. The van der Waals surface area contributed by atoms with Crippen molar-refractivity contribution >= 4 is 28.2 Å². The van der Waals surface area contributed by atoms with Crippen LogP contribution in [0.4, 0.5) is 10.1 Å². The molecule has 0 unspecified atom stereocenters. The third-order valence-corrected chi connectivity index (χ3v) is 5.04. The predicted molar refractivity (Wildman–Crippen MR) is 116 cm³/mol. The maximum Gasteiger partial charge on any atom is 0.123 e. The van der Waals surface area contributed by atoms with E-state index in [2.05, 4.69) is 29.2 Å². The molecule has 0 aromatic heterocycles. The molecule has 0 fully saturated rings. The molecular formula is C22H27FN2OS. The maximum absolute atomic E-state index is 12.3. The van der Waals surface area contributed by atoms with Gasteiger partial charge in [-0.25, -0.2) is 9.38 Å². The van der Waals surface area contributed by atoms with Crippen LogP contribution in [0, 0.1) is 6.92 Å². The Balaban J connectivity index is 2.18. The summed E-state index contributed by atoms with van der Waals surface area (Å²) in [5, 5.41) is 0.936. The van der Waals surface area contributed by atoms with Crippen LogP contribution in [0.2, 0.25) is 0 Å². The molecule has 3 nitrogen and oxygen atoms in total. The van der Waals surface area contributed by atoms with Crippen LogP contribution < -0.4 is 9.64 Å². The Kier molecular flexibility index (Phi) is 7.92. The Hall–Kier alpha value is -2.27. The van der Waals surface area contributed by atoms with Gasteiger partial charge in [0.2, 0.25) is 0 Å². The van der Waals surface area contributed by atoms with Crippen LogP contribution in [0.15, 0.2) is 58.4 Å². The quantitative estimate of drug-likeness (QED) is 0.332. The number of ether oxygens (including phenoxy) is 1. The van der Waals surface area contributed by atoms with Gasteiger partial charge in [-0.05, 0) is 56.2 Å². The minimum Gasteiger partial charge on any atom is -0.491 e. The Labute approximate surface area is 166 Å². The highest BCUT2D eigenvalue weighted by Gasteiger charge is 2.07. The number of aryl methyl sites for hydroxylation is 1. The zero-order valence-electron chi connectivity index (χ0n) is 16.6. The Morgan fingerprint density at radius 3 is 2.48 bits per heavy atom. The number of allylic oxidation sites excluding steroid dienone is 1. The number of alkyl halides is 1. The van der Waals surface area contributed by atoms with Crippen LogP contribution in [0.5, 0.6) is 5.75 Å². The van der Waals surface area contributed by atoms with Gasteiger partial charge in [0.1, 0.15) is 19.0 Å². The lowest BCUT2D eigenvalue weighted by Gasteiger charge is -2.13. The summed E-state index contributed by atoms with van der Waals surface area (Å²) in [6, 6.07) is 14.1. The molecule has 144 valence electrons. The number of hydrogen-bond donors (Lipinski definition) is 0. The van der Waals surface area contributed by atoms with E-state index in [1.165, 1.54) is 0 Å². The third kappa shape index (κ3) is 6.14. The number of hydrogen-bond acceptors (Lipinski definition) is 4. The van der Waals surface area contributed by atoms with Gasteiger partial charge in [0.15, 0.2) is 0 Å². The van der Waals surface area contributed by atoms with Crippen molar-refractivity contribution in [2.45, 2.75) is 25.7 Å². The molecule has 0 aliphatic rings. The first-order valence-electron chi connectivity index (χ1n) is 8.91. The highest BCUT2D eigenvalue weighted by atomic mass is 32.2. The first-order valence-corrected chi connectivity index (χ1v) is 9.73. The minimum absolute atomic E-state index is 0.0753. The highest BCUT2D eigenvalue weighted by Crippen LogP contribution is 2.29. The average Bonchev–Trinajstić information content (AvgIpc) is 2.66. The lowest BCUT2D eigenvalue weighted by Crippen LogP contribution is -2.08. The van der Waals surface area contributed by atoms with Gasteiger partial charge in [0, 0.05) is 24.7 Å². The summed E-state index contributed by atoms with van der Waals surface area (Å²) >= 11 is 1.59. The number of aliphatic imine (C=N–C) groups is 1. The van der Waals surface area contributed by atoms with E-state index in [0.29, 0.717) is 5.75 Å². The van der Waals surface area contributed by atoms with E-state index in [1.807, 2.05) is 59.1 Å². The number of rotatable bonds is 7. The van der Waals surface area contributed by atoms with Gasteiger partial charge in [-0.1, -0.05) is 36.0 Å². The fraction of sp³-hybridized carbons (Fsp3) is 0.318.